The first-order valence-corrected chi connectivity index (χ1v) is 7.32. The molecule has 0 saturated carbocycles. The lowest BCUT2D eigenvalue weighted by molar-refractivity contribution is -0.121. The minimum atomic E-state index is -0.460. The second-order valence-electron chi connectivity index (χ2n) is 4.96. The van der Waals surface area contributed by atoms with Gasteiger partial charge in [-0.15, -0.1) is 0 Å². The van der Waals surface area contributed by atoms with Crippen molar-refractivity contribution in [2.75, 3.05) is 0 Å². The van der Waals surface area contributed by atoms with Crippen LogP contribution in [-0.4, -0.2) is 11.8 Å². The summed E-state index contributed by atoms with van der Waals surface area (Å²) < 4.78 is 0. The highest BCUT2D eigenvalue weighted by molar-refractivity contribution is 6.30. The molecule has 0 aromatic heterocycles. The highest BCUT2D eigenvalue weighted by Crippen LogP contribution is 2.11. The van der Waals surface area contributed by atoms with Crippen LogP contribution < -0.4 is 11.1 Å². The van der Waals surface area contributed by atoms with Crippen LogP contribution in [0.4, 0.5) is 0 Å². The predicted molar refractivity (Wildman–Crippen MR) is 86.6 cm³/mol. The van der Waals surface area contributed by atoms with E-state index in [2.05, 4.69) is 5.32 Å². The van der Waals surface area contributed by atoms with Gasteiger partial charge in [-0.3, -0.25) is 9.59 Å². The third-order valence-corrected chi connectivity index (χ3v) is 3.53. The van der Waals surface area contributed by atoms with Gasteiger partial charge in [0.2, 0.25) is 11.8 Å². The molecular formula is C17H17ClN2O2. The van der Waals surface area contributed by atoms with Crippen LogP contribution in [0.5, 0.6) is 0 Å². The highest BCUT2D eigenvalue weighted by Gasteiger charge is 2.04. The lowest BCUT2D eigenvalue weighted by Gasteiger charge is -2.06. The zero-order valence-corrected chi connectivity index (χ0v) is 12.8. The first-order chi connectivity index (χ1) is 10.5. The van der Waals surface area contributed by atoms with Crippen molar-refractivity contribution >= 4 is 23.4 Å². The number of hydrogen-bond acceptors (Lipinski definition) is 2. The van der Waals surface area contributed by atoms with E-state index >= 15 is 0 Å². The molecule has 0 aliphatic carbocycles. The third kappa shape index (κ3) is 4.90. The molecule has 0 heterocycles. The summed E-state index contributed by atoms with van der Waals surface area (Å²) in [6, 6.07) is 14.3. The lowest BCUT2D eigenvalue weighted by Crippen LogP contribution is -2.23. The topological polar surface area (TPSA) is 72.2 Å². The number of aryl methyl sites for hydroxylation is 1. The van der Waals surface area contributed by atoms with Crippen molar-refractivity contribution in [2.24, 2.45) is 5.73 Å². The first kappa shape index (κ1) is 16.0. The molecule has 0 aliphatic heterocycles. The number of carbonyl (C=O) groups is 2. The van der Waals surface area contributed by atoms with Crippen LogP contribution in [0.15, 0.2) is 48.5 Å². The van der Waals surface area contributed by atoms with Gasteiger partial charge in [0.05, 0.1) is 0 Å². The zero-order chi connectivity index (χ0) is 15.9. The summed E-state index contributed by atoms with van der Waals surface area (Å²) in [5, 5.41) is 3.54. The Morgan fingerprint density at radius 1 is 0.955 bits per heavy atom. The molecule has 2 aromatic carbocycles. The van der Waals surface area contributed by atoms with Gasteiger partial charge in [-0.1, -0.05) is 35.9 Å². The van der Waals surface area contributed by atoms with Crippen LogP contribution in [0.2, 0.25) is 5.02 Å². The lowest BCUT2D eigenvalue weighted by atomic mass is 10.1. The number of halogens is 1. The van der Waals surface area contributed by atoms with Crippen LogP contribution in [0.3, 0.4) is 0 Å². The molecule has 5 heteroatoms. The maximum atomic E-state index is 11.8. The average Bonchev–Trinajstić information content (AvgIpc) is 2.52. The van der Waals surface area contributed by atoms with Gasteiger partial charge >= 0.3 is 0 Å². The Balaban J connectivity index is 1.77. The summed E-state index contributed by atoms with van der Waals surface area (Å²) >= 11 is 5.81. The van der Waals surface area contributed by atoms with Gasteiger partial charge < -0.3 is 11.1 Å². The fourth-order valence-electron chi connectivity index (χ4n) is 1.98. The molecule has 0 radical (unpaired) electrons. The highest BCUT2D eigenvalue weighted by atomic mass is 35.5. The van der Waals surface area contributed by atoms with Gasteiger partial charge in [-0.25, -0.2) is 0 Å². The van der Waals surface area contributed by atoms with Crippen LogP contribution in [-0.2, 0) is 17.8 Å². The third-order valence-electron chi connectivity index (χ3n) is 3.28. The molecule has 4 nitrogen and oxygen atoms in total. The molecule has 2 amide bonds. The standard InChI is InChI=1S/C17H17ClN2O2/c18-15-8-3-12(4-9-15)5-10-16(21)20-11-13-1-6-14(7-2-13)17(19)22/h1-4,6-9H,5,10-11H2,(H2,19,22)(H,20,21). The molecule has 22 heavy (non-hydrogen) atoms. The molecule has 0 atom stereocenters. The quantitative estimate of drug-likeness (QED) is 0.860. The number of amides is 2. The minimum absolute atomic E-state index is 0.0195. The summed E-state index contributed by atoms with van der Waals surface area (Å²) in [4.78, 5) is 22.8. The predicted octanol–water partition coefficient (Wildman–Crippen LogP) is 2.69. The number of rotatable bonds is 6. The van der Waals surface area contributed by atoms with Gasteiger partial charge in [-0.2, -0.15) is 0 Å². The zero-order valence-electron chi connectivity index (χ0n) is 12.0. The molecule has 3 N–H and O–H groups in total. The Hall–Kier alpha value is -2.33. The Labute approximate surface area is 134 Å². The smallest absolute Gasteiger partial charge is 0.248 e. The molecule has 0 aliphatic rings. The van der Waals surface area contributed by atoms with Crippen molar-refractivity contribution in [1.29, 1.82) is 0 Å². The van der Waals surface area contributed by atoms with Crippen LogP contribution in [0, 0.1) is 0 Å². The van der Waals surface area contributed by atoms with Gasteiger partial charge in [0.15, 0.2) is 0 Å². The van der Waals surface area contributed by atoms with E-state index in [1.807, 2.05) is 24.3 Å². The van der Waals surface area contributed by atoms with E-state index in [-0.39, 0.29) is 5.91 Å². The van der Waals surface area contributed by atoms with Crippen molar-refractivity contribution in [3.63, 3.8) is 0 Å². The fraction of sp³-hybridized carbons (Fsp3) is 0.176. The Morgan fingerprint density at radius 3 is 2.14 bits per heavy atom. The van der Waals surface area contributed by atoms with Crippen LogP contribution in [0.1, 0.15) is 27.9 Å². The van der Waals surface area contributed by atoms with Gasteiger partial charge in [0.1, 0.15) is 0 Å². The molecule has 0 spiro atoms. The number of nitrogens with one attached hydrogen (secondary N) is 1. The molecule has 114 valence electrons. The van der Waals surface area contributed by atoms with E-state index in [9.17, 15) is 9.59 Å². The number of primary amides is 1. The number of benzene rings is 2. The molecule has 0 bridgehead atoms. The Morgan fingerprint density at radius 2 is 1.55 bits per heavy atom. The number of hydrogen-bond donors (Lipinski definition) is 2. The molecule has 2 rings (SSSR count). The van der Waals surface area contributed by atoms with Gasteiger partial charge in [0.25, 0.3) is 0 Å². The van der Waals surface area contributed by atoms with Crippen LogP contribution >= 0.6 is 11.6 Å². The fourth-order valence-corrected chi connectivity index (χ4v) is 2.11. The number of nitrogens with two attached hydrogens (primary N) is 1. The molecule has 0 fully saturated rings. The SMILES string of the molecule is NC(=O)c1ccc(CNC(=O)CCc2ccc(Cl)cc2)cc1. The Bertz CT molecular complexity index is 651. The summed E-state index contributed by atoms with van der Waals surface area (Å²) in [6.07, 6.45) is 1.09. The van der Waals surface area contributed by atoms with Gasteiger partial charge in [-0.05, 0) is 41.8 Å². The van der Waals surface area contributed by atoms with E-state index in [1.54, 1.807) is 24.3 Å². The molecule has 2 aromatic rings. The minimum Gasteiger partial charge on any atom is -0.366 e. The van der Waals surface area contributed by atoms with E-state index in [0.717, 1.165) is 11.1 Å². The maximum Gasteiger partial charge on any atom is 0.248 e. The number of carbonyl (C=O) groups excluding carboxylic acids is 2. The molecular weight excluding hydrogens is 300 g/mol. The monoisotopic (exact) mass is 316 g/mol. The van der Waals surface area contributed by atoms with Crippen molar-refractivity contribution in [3.8, 4) is 0 Å². The second-order valence-corrected chi connectivity index (χ2v) is 5.40. The van der Waals surface area contributed by atoms with E-state index < -0.39 is 5.91 Å². The van der Waals surface area contributed by atoms with Crippen molar-refractivity contribution in [3.05, 3.63) is 70.2 Å². The molecule has 0 saturated heterocycles. The largest absolute Gasteiger partial charge is 0.366 e. The van der Waals surface area contributed by atoms with Crippen molar-refractivity contribution in [1.82, 2.24) is 5.32 Å². The summed E-state index contributed by atoms with van der Waals surface area (Å²) in [5.74, 6) is -0.479. The first-order valence-electron chi connectivity index (χ1n) is 6.94. The summed E-state index contributed by atoms with van der Waals surface area (Å²) in [5.41, 5.74) is 7.63. The maximum absolute atomic E-state index is 11.8. The Kier molecular flexibility index (Phi) is 5.55. The van der Waals surface area contributed by atoms with E-state index in [0.29, 0.717) is 30.0 Å². The van der Waals surface area contributed by atoms with E-state index in [1.165, 1.54) is 0 Å². The van der Waals surface area contributed by atoms with E-state index in [4.69, 9.17) is 17.3 Å². The average molecular weight is 317 g/mol. The summed E-state index contributed by atoms with van der Waals surface area (Å²) in [6.45, 7) is 0.429. The summed E-state index contributed by atoms with van der Waals surface area (Å²) in [7, 11) is 0. The second kappa shape index (κ2) is 7.61. The van der Waals surface area contributed by atoms with Gasteiger partial charge in [0, 0.05) is 23.6 Å². The van der Waals surface area contributed by atoms with Crippen molar-refractivity contribution < 1.29 is 9.59 Å². The van der Waals surface area contributed by atoms with Crippen molar-refractivity contribution in [2.45, 2.75) is 19.4 Å². The molecule has 0 unspecified atom stereocenters. The normalized spacial score (nSPS) is 10.2. The van der Waals surface area contributed by atoms with Crippen LogP contribution in [0.25, 0.3) is 0 Å².